The smallest absolute Gasteiger partial charge is 0.287 e. The van der Waals surface area contributed by atoms with Gasteiger partial charge in [0.25, 0.3) is 5.91 Å². The van der Waals surface area contributed by atoms with Crippen LogP contribution in [0.25, 0.3) is 0 Å². The highest BCUT2D eigenvalue weighted by Gasteiger charge is 2.19. The fourth-order valence-corrected chi connectivity index (χ4v) is 2.90. The molecule has 5 nitrogen and oxygen atoms in total. The number of hydrogen-bond donors (Lipinski definition) is 1. The predicted molar refractivity (Wildman–Crippen MR) is 90.0 cm³/mol. The first-order valence-electron chi connectivity index (χ1n) is 8.43. The highest BCUT2D eigenvalue weighted by atomic mass is 19.1. The third kappa shape index (κ3) is 4.47. The van der Waals surface area contributed by atoms with Crippen LogP contribution in [0, 0.1) is 5.82 Å². The Kier molecular flexibility index (Phi) is 5.48. The van der Waals surface area contributed by atoms with Crippen molar-refractivity contribution in [1.82, 2.24) is 5.32 Å². The van der Waals surface area contributed by atoms with Gasteiger partial charge in [-0.25, -0.2) is 4.39 Å². The zero-order valence-corrected chi connectivity index (χ0v) is 13.8. The number of ether oxygens (including phenoxy) is 1. The molecule has 2 aromatic rings. The van der Waals surface area contributed by atoms with Crippen molar-refractivity contribution < 1.29 is 18.3 Å². The Morgan fingerprint density at radius 2 is 2.00 bits per heavy atom. The Morgan fingerprint density at radius 1 is 1.24 bits per heavy atom. The van der Waals surface area contributed by atoms with Crippen LogP contribution in [0.4, 0.5) is 4.39 Å². The number of carbonyl (C=O) groups is 1. The summed E-state index contributed by atoms with van der Waals surface area (Å²) < 4.78 is 24.1. The van der Waals surface area contributed by atoms with Gasteiger partial charge in [0.15, 0.2) is 5.76 Å². The van der Waals surface area contributed by atoms with Crippen LogP contribution in [-0.2, 0) is 6.61 Å². The minimum atomic E-state index is -0.476. The maximum absolute atomic E-state index is 13.6. The number of halogens is 1. The molecule has 25 heavy (non-hydrogen) atoms. The van der Waals surface area contributed by atoms with E-state index < -0.39 is 17.2 Å². The van der Waals surface area contributed by atoms with Crippen molar-refractivity contribution in [3.63, 3.8) is 0 Å². The molecule has 1 aromatic heterocycles. The highest BCUT2D eigenvalue weighted by molar-refractivity contribution is 5.91. The molecule has 1 N–H and O–H groups in total. The first-order valence-corrected chi connectivity index (χ1v) is 8.43. The van der Waals surface area contributed by atoms with Crippen LogP contribution in [0.15, 0.2) is 45.8 Å². The minimum Gasteiger partial charge on any atom is -0.482 e. The molecule has 0 bridgehead atoms. The Balaban J connectivity index is 1.63. The summed E-state index contributed by atoms with van der Waals surface area (Å²) in [5.41, 5.74) is -0.141. The summed E-state index contributed by atoms with van der Waals surface area (Å²) >= 11 is 0. The van der Waals surface area contributed by atoms with Gasteiger partial charge in [-0.05, 0) is 18.9 Å². The Morgan fingerprint density at radius 3 is 2.72 bits per heavy atom. The molecular weight excluding hydrogens is 325 g/mol. The number of hydrogen-bond acceptors (Lipinski definition) is 4. The second-order valence-corrected chi connectivity index (χ2v) is 6.16. The molecule has 6 heteroatoms. The molecule has 1 aliphatic rings. The van der Waals surface area contributed by atoms with Crippen molar-refractivity contribution in [3.8, 4) is 5.75 Å². The summed E-state index contributed by atoms with van der Waals surface area (Å²) in [7, 11) is 0. The molecule has 0 saturated heterocycles. The van der Waals surface area contributed by atoms with E-state index in [0.29, 0.717) is 5.56 Å². The molecule has 0 atom stereocenters. The topological polar surface area (TPSA) is 68.5 Å². The van der Waals surface area contributed by atoms with Gasteiger partial charge in [-0.3, -0.25) is 9.59 Å². The monoisotopic (exact) mass is 345 g/mol. The predicted octanol–water partition coefficient (Wildman–Crippen LogP) is 3.42. The first kappa shape index (κ1) is 17.2. The van der Waals surface area contributed by atoms with Gasteiger partial charge in [-0.2, -0.15) is 0 Å². The van der Waals surface area contributed by atoms with E-state index in [4.69, 9.17) is 9.15 Å². The van der Waals surface area contributed by atoms with E-state index in [9.17, 15) is 14.0 Å². The molecule has 1 amide bonds. The van der Waals surface area contributed by atoms with Crippen molar-refractivity contribution in [1.29, 1.82) is 0 Å². The molecule has 1 aliphatic carbocycles. The molecular formula is C19H20FNO4. The SMILES string of the molecule is O=C(NC1CCCCC1)c1cc(=O)c(OCc2ccccc2F)co1. The van der Waals surface area contributed by atoms with Gasteiger partial charge in [0, 0.05) is 17.7 Å². The van der Waals surface area contributed by atoms with Crippen LogP contribution in [-0.4, -0.2) is 11.9 Å². The van der Waals surface area contributed by atoms with E-state index in [-0.39, 0.29) is 24.2 Å². The van der Waals surface area contributed by atoms with Gasteiger partial charge in [-0.1, -0.05) is 37.5 Å². The number of nitrogens with one attached hydrogen (secondary N) is 1. The highest BCUT2D eigenvalue weighted by Crippen LogP contribution is 2.18. The summed E-state index contributed by atoms with van der Waals surface area (Å²) in [5.74, 6) is -0.911. The Hall–Kier alpha value is -2.63. The van der Waals surface area contributed by atoms with Crippen molar-refractivity contribution in [3.05, 3.63) is 64.0 Å². The summed E-state index contributed by atoms with van der Waals surface area (Å²) in [4.78, 5) is 24.3. The number of benzene rings is 1. The van der Waals surface area contributed by atoms with Crippen LogP contribution in [0.3, 0.4) is 0 Å². The summed E-state index contributed by atoms with van der Waals surface area (Å²) in [6.07, 6.45) is 6.36. The lowest BCUT2D eigenvalue weighted by Crippen LogP contribution is -2.36. The molecule has 1 saturated carbocycles. The van der Waals surface area contributed by atoms with Crippen molar-refractivity contribution in [2.75, 3.05) is 0 Å². The quantitative estimate of drug-likeness (QED) is 0.901. The molecule has 1 heterocycles. The molecule has 3 rings (SSSR count). The van der Waals surface area contributed by atoms with Crippen LogP contribution >= 0.6 is 0 Å². The van der Waals surface area contributed by atoms with Crippen LogP contribution < -0.4 is 15.5 Å². The van der Waals surface area contributed by atoms with Crippen molar-refractivity contribution in [2.24, 2.45) is 0 Å². The first-order chi connectivity index (χ1) is 12.1. The van der Waals surface area contributed by atoms with E-state index in [1.165, 1.54) is 12.5 Å². The van der Waals surface area contributed by atoms with E-state index >= 15 is 0 Å². The Labute approximate surface area is 144 Å². The van der Waals surface area contributed by atoms with Gasteiger partial charge < -0.3 is 14.5 Å². The van der Waals surface area contributed by atoms with E-state index in [0.717, 1.165) is 38.0 Å². The minimum absolute atomic E-state index is 0.0474. The molecule has 0 radical (unpaired) electrons. The fourth-order valence-electron chi connectivity index (χ4n) is 2.90. The second kappa shape index (κ2) is 7.96. The van der Waals surface area contributed by atoms with Crippen LogP contribution in [0.2, 0.25) is 0 Å². The average molecular weight is 345 g/mol. The van der Waals surface area contributed by atoms with E-state index in [1.807, 2.05) is 0 Å². The molecule has 0 unspecified atom stereocenters. The van der Waals surface area contributed by atoms with Gasteiger partial charge >= 0.3 is 0 Å². The second-order valence-electron chi connectivity index (χ2n) is 6.16. The molecule has 1 fully saturated rings. The third-order valence-electron chi connectivity index (χ3n) is 4.30. The zero-order valence-electron chi connectivity index (χ0n) is 13.8. The fraction of sp³-hybridized carbons (Fsp3) is 0.368. The Bertz CT molecular complexity index is 796. The van der Waals surface area contributed by atoms with Gasteiger partial charge in [0.2, 0.25) is 11.2 Å². The zero-order chi connectivity index (χ0) is 17.6. The van der Waals surface area contributed by atoms with Crippen LogP contribution in [0.1, 0.15) is 48.2 Å². The summed E-state index contributed by atoms with van der Waals surface area (Å²) in [5, 5.41) is 2.89. The van der Waals surface area contributed by atoms with E-state index in [1.54, 1.807) is 18.2 Å². The maximum Gasteiger partial charge on any atom is 0.287 e. The normalized spacial score (nSPS) is 14.9. The average Bonchev–Trinajstić information content (AvgIpc) is 2.62. The van der Waals surface area contributed by atoms with Crippen LogP contribution in [0.5, 0.6) is 5.75 Å². The standard InChI is InChI=1S/C19H20FNO4/c20-15-9-5-4-6-13(15)11-24-18-12-25-17(10-16(18)22)19(23)21-14-7-2-1-3-8-14/h4-6,9-10,12,14H,1-3,7-8,11H2,(H,21,23). The lowest BCUT2D eigenvalue weighted by molar-refractivity contribution is 0.0896. The van der Waals surface area contributed by atoms with E-state index in [2.05, 4.69) is 5.32 Å². The molecule has 1 aromatic carbocycles. The molecule has 0 aliphatic heterocycles. The lowest BCUT2D eigenvalue weighted by atomic mass is 9.95. The largest absolute Gasteiger partial charge is 0.482 e. The maximum atomic E-state index is 13.6. The van der Waals surface area contributed by atoms with Gasteiger partial charge in [0.1, 0.15) is 18.7 Å². The number of rotatable bonds is 5. The number of carbonyl (C=O) groups excluding carboxylic acids is 1. The molecule has 132 valence electrons. The van der Waals surface area contributed by atoms with Crippen molar-refractivity contribution >= 4 is 5.91 Å². The summed E-state index contributed by atoms with van der Waals surface area (Å²) in [6.45, 7) is -0.0922. The van der Waals surface area contributed by atoms with Gasteiger partial charge in [0.05, 0.1) is 0 Å². The van der Waals surface area contributed by atoms with Gasteiger partial charge in [-0.15, -0.1) is 0 Å². The summed E-state index contributed by atoms with van der Waals surface area (Å²) in [6, 6.07) is 7.39. The number of amides is 1. The molecule has 0 spiro atoms. The third-order valence-corrected chi connectivity index (χ3v) is 4.30. The van der Waals surface area contributed by atoms with Crippen molar-refractivity contribution in [2.45, 2.75) is 44.8 Å². The lowest BCUT2D eigenvalue weighted by Gasteiger charge is -2.22.